The average Bonchev–Trinajstić information content (AvgIpc) is 2.41. The van der Waals surface area contributed by atoms with E-state index in [4.69, 9.17) is 9.84 Å². The van der Waals surface area contributed by atoms with E-state index in [1.165, 1.54) is 13.2 Å². The first kappa shape index (κ1) is 17.4. The second-order valence-corrected chi connectivity index (χ2v) is 5.20. The van der Waals surface area contributed by atoms with Crippen molar-refractivity contribution in [2.45, 2.75) is 13.0 Å². The van der Waals surface area contributed by atoms with Crippen LogP contribution in [0.5, 0.6) is 5.75 Å². The van der Waals surface area contributed by atoms with Crippen molar-refractivity contribution in [2.75, 3.05) is 40.8 Å². The summed E-state index contributed by atoms with van der Waals surface area (Å²) in [6.07, 6.45) is 0. The summed E-state index contributed by atoms with van der Waals surface area (Å²) >= 11 is 0. The number of methoxy groups -OCH3 is 1. The molecule has 1 aromatic rings. The quantitative estimate of drug-likeness (QED) is 0.794. The van der Waals surface area contributed by atoms with Crippen molar-refractivity contribution < 1.29 is 19.0 Å². The monoisotopic (exact) mass is 298 g/mol. The normalized spacial score (nSPS) is 12.7. The van der Waals surface area contributed by atoms with Crippen LogP contribution in [0.1, 0.15) is 18.5 Å². The predicted molar refractivity (Wildman–Crippen MR) is 79.1 cm³/mol. The fraction of sp³-hybridized carbons (Fsp3) is 0.533. The van der Waals surface area contributed by atoms with Crippen LogP contribution in [0.25, 0.3) is 0 Å². The van der Waals surface area contributed by atoms with E-state index in [-0.39, 0.29) is 12.4 Å². The molecule has 0 spiro atoms. The van der Waals surface area contributed by atoms with Gasteiger partial charge in [0.1, 0.15) is 11.6 Å². The van der Waals surface area contributed by atoms with E-state index in [0.717, 1.165) is 0 Å². The largest absolute Gasteiger partial charge is 0.496 e. The van der Waals surface area contributed by atoms with Gasteiger partial charge in [-0.15, -0.1) is 0 Å². The highest BCUT2D eigenvalue weighted by Gasteiger charge is 2.24. The molecule has 0 aliphatic heterocycles. The van der Waals surface area contributed by atoms with Crippen LogP contribution in [-0.2, 0) is 4.79 Å². The molecule has 118 valence electrons. The lowest BCUT2D eigenvalue weighted by Gasteiger charge is -2.30. The van der Waals surface area contributed by atoms with Gasteiger partial charge in [0.2, 0.25) is 0 Å². The van der Waals surface area contributed by atoms with E-state index in [2.05, 4.69) is 0 Å². The third kappa shape index (κ3) is 4.99. The van der Waals surface area contributed by atoms with Gasteiger partial charge in [0, 0.05) is 24.7 Å². The number of hydrogen-bond donors (Lipinski definition) is 1. The van der Waals surface area contributed by atoms with Crippen LogP contribution in [0.2, 0.25) is 0 Å². The Kier molecular flexibility index (Phi) is 6.58. The van der Waals surface area contributed by atoms with E-state index in [9.17, 15) is 9.18 Å². The van der Waals surface area contributed by atoms with Crippen LogP contribution >= 0.6 is 0 Å². The minimum absolute atomic E-state index is 0.146. The molecule has 0 heterocycles. The first-order valence-electron chi connectivity index (χ1n) is 6.79. The summed E-state index contributed by atoms with van der Waals surface area (Å²) in [5.74, 6) is -0.888. The van der Waals surface area contributed by atoms with Gasteiger partial charge in [-0.1, -0.05) is 6.07 Å². The lowest BCUT2D eigenvalue weighted by Crippen LogP contribution is -2.37. The molecule has 1 rings (SSSR count). The van der Waals surface area contributed by atoms with Crippen LogP contribution in [0.15, 0.2) is 18.2 Å². The van der Waals surface area contributed by atoms with Crippen LogP contribution in [0, 0.1) is 5.82 Å². The molecule has 0 aliphatic carbocycles. The molecule has 1 aromatic carbocycles. The zero-order valence-corrected chi connectivity index (χ0v) is 13.0. The molecule has 1 unspecified atom stereocenters. The van der Waals surface area contributed by atoms with E-state index < -0.39 is 12.0 Å². The number of carboxylic acid groups (broad SMARTS) is 1. The van der Waals surface area contributed by atoms with Crippen molar-refractivity contribution in [2.24, 2.45) is 0 Å². The second kappa shape index (κ2) is 7.95. The molecule has 21 heavy (non-hydrogen) atoms. The van der Waals surface area contributed by atoms with E-state index in [1.54, 1.807) is 24.0 Å². The van der Waals surface area contributed by atoms with E-state index >= 15 is 0 Å². The number of nitrogens with zero attached hydrogens (tertiary/aromatic N) is 2. The van der Waals surface area contributed by atoms with Crippen molar-refractivity contribution in [1.29, 1.82) is 0 Å². The summed E-state index contributed by atoms with van der Waals surface area (Å²) in [6.45, 7) is 2.86. The zero-order valence-electron chi connectivity index (χ0n) is 13.0. The molecule has 0 saturated carbocycles. The number of halogens is 1. The van der Waals surface area contributed by atoms with Gasteiger partial charge in [-0.05, 0) is 33.2 Å². The topological polar surface area (TPSA) is 53.0 Å². The number of likely N-dealkylation sites (N-methyl/N-ethyl adjacent to an activating group) is 1. The van der Waals surface area contributed by atoms with Gasteiger partial charge in [0.05, 0.1) is 13.7 Å². The van der Waals surface area contributed by atoms with Crippen LogP contribution < -0.4 is 4.74 Å². The molecule has 0 aromatic heterocycles. The van der Waals surface area contributed by atoms with Crippen LogP contribution in [-0.4, -0.2) is 61.7 Å². The first-order valence-corrected chi connectivity index (χ1v) is 6.79. The number of carboxylic acids is 1. The lowest BCUT2D eigenvalue weighted by molar-refractivity contribution is -0.139. The molecule has 5 nitrogen and oxygen atoms in total. The summed E-state index contributed by atoms with van der Waals surface area (Å²) in [4.78, 5) is 14.7. The number of ether oxygens (including phenoxy) is 1. The van der Waals surface area contributed by atoms with Gasteiger partial charge in [-0.25, -0.2) is 4.39 Å². The van der Waals surface area contributed by atoms with Crippen molar-refractivity contribution in [3.05, 3.63) is 29.6 Å². The molecule has 0 fully saturated rings. The molecular formula is C15H23FN2O3. The van der Waals surface area contributed by atoms with Crippen molar-refractivity contribution >= 4 is 5.97 Å². The van der Waals surface area contributed by atoms with Crippen molar-refractivity contribution in [3.8, 4) is 5.75 Å². The highest BCUT2D eigenvalue weighted by molar-refractivity contribution is 5.69. The van der Waals surface area contributed by atoms with E-state index in [1.807, 2.05) is 19.0 Å². The Morgan fingerprint density at radius 2 is 2.05 bits per heavy atom. The molecule has 0 bridgehead atoms. The fourth-order valence-electron chi connectivity index (χ4n) is 2.20. The summed E-state index contributed by atoms with van der Waals surface area (Å²) in [5.41, 5.74) is 0.389. The molecule has 1 atom stereocenters. The maximum Gasteiger partial charge on any atom is 0.317 e. The Labute approximate surface area is 124 Å². The minimum atomic E-state index is -0.934. The molecule has 6 heteroatoms. The Morgan fingerprint density at radius 1 is 1.38 bits per heavy atom. The average molecular weight is 298 g/mol. The summed E-state index contributed by atoms with van der Waals surface area (Å²) in [6, 6.07) is 4.22. The standard InChI is InChI=1S/C15H23FN2O3/c1-11(15-12(16)6-5-7-13(15)21-4)18(10-14(19)20)9-8-17(2)3/h5-7,11H,8-10H2,1-4H3,(H,19,20). The van der Waals surface area contributed by atoms with Gasteiger partial charge in [0.25, 0.3) is 0 Å². The minimum Gasteiger partial charge on any atom is -0.496 e. The van der Waals surface area contributed by atoms with E-state index in [0.29, 0.717) is 24.4 Å². The fourth-order valence-corrected chi connectivity index (χ4v) is 2.20. The molecule has 0 radical (unpaired) electrons. The summed E-state index contributed by atoms with van der Waals surface area (Å²) in [5, 5.41) is 9.06. The van der Waals surface area contributed by atoms with Gasteiger partial charge < -0.3 is 14.7 Å². The van der Waals surface area contributed by atoms with Crippen LogP contribution in [0.4, 0.5) is 4.39 Å². The Hall–Kier alpha value is -1.66. The Bertz CT molecular complexity index is 480. The summed E-state index contributed by atoms with van der Waals surface area (Å²) in [7, 11) is 5.30. The molecule has 0 aliphatic rings. The molecule has 0 saturated heterocycles. The van der Waals surface area contributed by atoms with Crippen molar-refractivity contribution in [1.82, 2.24) is 9.80 Å². The van der Waals surface area contributed by atoms with Crippen LogP contribution in [0.3, 0.4) is 0 Å². The number of hydrogen-bond acceptors (Lipinski definition) is 4. The SMILES string of the molecule is COc1cccc(F)c1C(C)N(CCN(C)C)CC(=O)O. The third-order valence-corrected chi connectivity index (χ3v) is 3.37. The van der Waals surface area contributed by atoms with Crippen molar-refractivity contribution in [3.63, 3.8) is 0 Å². The third-order valence-electron chi connectivity index (χ3n) is 3.37. The maximum atomic E-state index is 14.1. The Balaban J connectivity index is 3.03. The predicted octanol–water partition coefficient (Wildman–Crippen LogP) is 1.84. The van der Waals surface area contributed by atoms with Gasteiger partial charge in [-0.3, -0.25) is 9.69 Å². The number of aliphatic carboxylic acids is 1. The smallest absolute Gasteiger partial charge is 0.317 e. The number of carbonyl (C=O) groups is 1. The van der Waals surface area contributed by atoms with Gasteiger partial charge >= 0.3 is 5.97 Å². The molecule has 0 amide bonds. The molecule has 1 N–H and O–H groups in total. The first-order chi connectivity index (χ1) is 9.86. The number of benzene rings is 1. The summed E-state index contributed by atoms with van der Waals surface area (Å²) < 4.78 is 19.3. The molecular weight excluding hydrogens is 275 g/mol. The highest BCUT2D eigenvalue weighted by atomic mass is 19.1. The Morgan fingerprint density at radius 3 is 2.57 bits per heavy atom. The highest BCUT2D eigenvalue weighted by Crippen LogP contribution is 2.31. The number of rotatable bonds is 8. The zero-order chi connectivity index (χ0) is 16.0. The second-order valence-electron chi connectivity index (χ2n) is 5.20. The maximum absolute atomic E-state index is 14.1. The van der Waals surface area contributed by atoms with Gasteiger partial charge in [-0.2, -0.15) is 0 Å². The lowest BCUT2D eigenvalue weighted by atomic mass is 10.0. The van der Waals surface area contributed by atoms with Gasteiger partial charge in [0.15, 0.2) is 0 Å².